The van der Waals surface area contributed by atoms with E-state index < -0.39 is 11.7 Å². The lowest BCUT2D eigenvalue weighted by atomic mass is 10.2. The summed E-state index contributed by atoms with van der Waals surface area (Å²) in [7, 11) is 0. The number of carbonyl (C=O) groups is 1. The summed E-state index contributed by atoms with van der Waals surface area (Å²) in [6.45, 7) is 8.97. The number of rotatable bonds is 11. The highest BCUT2D eigenvalue weighted by atomic mass is 16.6. The van der Waals surface area contributed by atoms with Gasteiger partial charge in [-0.25, -0.2) is 4.79 Å². The van der Waals surface area contributed by atoms with E-state index in [0.717, 1.165) is 5.56 Å². The first kappa shape index (κ1) is 20.4. The number of hydrogen-bond donors (Lipinski definition) is 1. The van der Waals surface area contributed by atoms with Gasteiger partial charge in [0, 0.05) is 6.54 Å². The molecule has 0 fully saturated rings. The van der Waals surface area contributed by atoms with Crippen LogP contribution in [0, 0.1) is 0 Å². The number of nitrogens with one attached hydrogen (secondary N) is 1. The quantitative estimate of drug-likeness (QED) is 0.628. The van der Waals surface area contributed by atoms with Crippen molar-refractivity contribution in [1.29, 1.82) is 0 Å². The minimum Gasteiger partial charge on any atom is -0.444 e. The van der Waals surface area contributed by atoms with Gasteiger partial charge in [0.25, 0.3) is 0 Å². The lowest BCUT2D eigenvalue weighted by Gasteiger charge is -2.19. The molecule has 0 aliphatic rings. The van der Waals surface area contributed by atoms with Gasteiger partial charge < -0.3 is 24.3 Å². The molecule has 0 atom stereocenters. The Morgan fingerprint density at radius 1 is 0.917 bits per heavy atom. The Balaban J connectivity index is 1.83. The van der Waals surface area contributed by atoms with Crippen molar-refractivity contribution in [2.24, 2.45) is 0 Å². The van der Waals surface area contributed by atoms with Crippen molar-refractivity contribution in [2.75, 3.05) is 39.6 Å². The van der Waals surface area contributed by atoms with Gasteiger partial charge in [0.15, 0.2) is 0 Å². The van der Waals surface area contributed by atoms with E-state index in [1.165, 1.54) is 0 Å². The molecule has 1 rings (SSSR count). The maximum atomic E-state index is 11.4. The van der Waals surface area contributed by atoms with Crippen LogP contribution in [0.2, 0.25) is 0 Å². The Labute approximate surface area is 144 Å². The van der Waals surface area contributed by atoms with E-state index in [1.54, 1.807) is 0 Å². The van der Waals surface area contributed by atoms with Crippen molar-refractivity contribution in [1.82, 2.24) is 5.32 Å². The van der Waals surface area contributed by atoms with Crippen molar-refractivity contribution in [3.8, 4) is 0 Å². The number of benzene rings is 1. The summed E-state index contributed by atoms with van der Waals surface area (Å²) in [5.74, 6) is 0. The molecule has 0 saturated carbocycles. The zero-order valence-electron chi connectivity index (χ0n) is 14.9. The molecule has 0 radical (unpaired) electrons. The molecule has 0 aliphatic carbocycles. The van der Waals surface area contributed by atoms with E-state index in [4.69, 9.17) is 18.9 Å². The monoisotopic (exact) mass is 339 g/mol. The van der Waals surface area contributed by atoms with Crippen LogP contribution in [0.4, 0.5) is 4.79 Å². The predicted octanol–water partition coefficient (Wildman–Crippen LogP) is 2.76. The molecule has 6 nitrogen and oxygen atoms in total. The van der Waals surface area contributed by atoms with E-state index in [1.807, 2.05) is 51.1 Å². The van der Waals surface area contributed by atoms with Crippen LogP contribution >= 0.6 is 0 Å². The average molecular weight is 339 g/mol. The number of alkyl carbamates (subject to hydrolysis) is 1. The number of amides is 1. The standard InChI is InChI=1S/C18H29NO5/c1-18(2,3)24-17(20)19-9-10-21-11-12-22-13-14-23-15-16-7-5-4-6-8-16/h4-8H,9-15H2,1-3H3,(H,19,20). The van der Waals surface area contributed by atoms with Crippen LogP contribution in [0.15, 0.2) is 30.3 Å². The molecule has 0 heterocycles. The molecule has 0 aliphatic heterocycles. The lowest BCUT2D eigenvalue weighted by Crippen LogP contribution is -2.34. The molecule has 136 valence electrons. The SMILES string of the molecule is CC(C)(C)OC(=O)NCCOCCOCCOCc1ccccc1. The molecule has 1 aromatic carbocycles. The Morgan fingerprint density at radius 2 is 1.50 bits per heavy atom. The third-order valence-corrected chi connectivity index (χ3v) is 2.77. The van der Waals surface area contributed by atoms with Crippen LogP contribution in [0.5, 0.6) is 0 Å². The van der Waals surface area contributed by atoms with Gasteiger partial charge in [0.2, 0.25) is 0 Å². The summed E-state index contributed by atoms with van der Waals surface area (Å²) in [6, 6.07) is 10.0. The van der Waals surface area contributed by atoms with Crippen LogP contribution in [-0.4, -0.2) is 51.3 Å². The molecular weight excluding hydrogens is 310 g/mol. The minimum absolute atomic E-state index is 0.412. The highest BCUT2D eigenvalue weighted by Gasteiger charge is 2.15. The molecule has 0 bridgehead atoms. The second-order valence-corrected chi connectivity index (χ2v) is 6.19. The number of ether oxygens (including phenoxy) is 4. The summed E-state index contributed by atoms with van der Waals surface area (Å²) in [4.78, 5) is 11.4. The zero-order valence-corrected chi connectivity index (χ0v) is 14.9. The normalized spacial score (nSPS) is 11.3. The summed E-state index contributed by atoms with van der Waals surface area (Å²) >= 11 is 0. The van der Waals surface area contributed by atoms with Gasteiger partial charge >= 0.3 is 6.09 Å². The molecule has 0 spiro atoms. The fourth-order valence-electron chi connectivity index (χ4n) is 1.74. The molecule has 0 aromatic heterocycles. The third-order valence-electron chi connectivity index (χ3n) is 2.77. The van der Waals surface area contributed by atoms with E-state index >= 15 is 0 Å². The second-order valence-electron chi connectivity index (χ2n) is 6.19. The summed E-state index contributed by atoms with van der Waals surface area (Å²) in [6.07, 6.45) is -0.432. The van der Waals surface area contributed by atoms with Crippen LogP contribution in [-0.2, 0) is 25.6 Å². The Hall–Kier alpha value is -1.63. The van der Waals surface area contributed by atoms with Gasteiger partial charge in [-0.05, 0) is 26.3 Å². The van der Waals surface area contributed by atoms with Crippen LogP contribution in [0.3, 0.4) is 0 Å². The first-order valence-corrected chi connectivity index (χ1v) is 8.21. The first-order chi connectivity index (χ1) is 11.5. The van der Waals surface area contributed by atoms with E-state index in [9.17, 15) is 4.79 Å². The Bertz CT molecular complexity index is 444. The zero-order chi connectivity index (χ0) is 17.7. The summed E-state index contributed by atoms with van der Waals surface area (Å²) in [5.41, 5.74) is 0.666. The van der Waals surface area contributed by atoms with Gasteiger partial charge in [-0.15, -0.1) is 0 Å². The van der Waals surface area contributed by atoms with E-state index in [-0.39, 0.29) is 0 Å². The van der Waals surface area contributed by atoms with Gasteiger partial charge in [0.05, 0.1) is 39.6 Å². The highest BCUT2D eigenvalue weighted by Crippen LogP contribution is 2.06. The Kier molecular flexibility index (Phi) is 10.1. The lowest BCUT2D eigenvalue weighted by molar-refractivity contribution is 0.0103. The molecule has 1 aromatic rings. The summed E-state index contributed by atoms with van der Waals surface area (Å²) in [5, 5.41) is 2.63. The fraction of sp³-hybridized carbons (Fsp3) is 0.611. The molecule has 1 amide bonds. The van der Waals surface area contributed by atoms with Crippen molar-refractivity contribution < 1.29 is 23.7 Å². The maximum Gasteiger partial charge on any atom is 0.407 e. The van der Waals surface area contributed by atoms with Gasteiger partial charge in [-0.1, -0.05) is 30.3 Å². The van der Waals surface area contributed by atoms with Crippen LogP contribution < -0.4 is 5.32 Å². The molecule has 0 saturated heterocycles. The first-order valence-electron chi connectivity index (χ1n) is 8.21. The van der Waals surface area contributed by atoms with Crippen molar-refractivity contribution in [3.63, 3.8) is 0 Å². The highest BCUT2D eigenvalue weighted by molar-refractivity contribution is 5.67. The molecular formula is C18H29NO5. The van der Waals surface area contributed by atoms with Crippen LogP contribution in [0.1, 0.15) is 26.3 Å². The largest absolute Gasteiger partial charge is 0.444 e. The number of hydrogen-bond acceptors (Lipinski definition) is 5. The predicted molar refractivity (Wildman–Crippen MR) is 92.0 cm³/mol. The molecule has 6 heteroatoms. The van der Waals surface area contributed by atoms with Gasteiger partial charge in [-0.3, -0.25) is 0 Å². The van der Waals surface area contributed by atoms with Crippen molar-refractivity contribution in [3.05, 3.63) is 35.9 Å². The van der Waals surface area contributed by atoms with E-state index in [2.05, 4.69) is 5.32 Å². The van der Waals surface area contributed by atoms with Crippen LogP contribution in [0.25, 0.3) is 0 Å². The maximum absolute atomic E-state index is 11.4. The molecule has 0 unspecified atom stereocenters. The smallest absolute Gasteiger partial charge is 0.407 e. The van der Waals surface area contributed by atoms with Gasteiger partial charge in [0.1, 0.15) is 5.60 Å². The van der Waals surface area contributed by atoms with Gasteiger partial charge in [-0.2, -0.15) is 0 Å². The molecule has 1 N–H and O–H groups in total. The van der Waals surface area contributed by atoms with E-state index in [0.29, 0.717) is 46.2 Å². The topological polar surface area (TPSA) is 66.0 Å². The third kappa shape index (κ3) is 11.9. The fourth-order valence-corrected chi connectivity index (χ4v) is 1.74. The second kappa shape index (κ2) is 11.8. The minimum atomic E-state index is -0.485. The molecule has 24 heavy (non-hydrogen) atoms. The van der Waals surface area contributed by atoms with Crippen molar-refractivity contribution >= 4 is 6.09 Å². The summed E-state index contributed by atoms with van der Waals surface area (Å²) < 4.78 is 21.4. The number of carbonyl (C=O) groups excluding carboxylic acids is 1. The van der Waals surface area contributed by atoms with Crippen molar-refractivity contribution in [2.45, 2.75) is 33.0 Å². The Morgan fingerprint density at radius 3 is 2.12 bits per heavy atom. The average Bonchev–Trinajstić information content (AvgIpc) is 2.52.